The van der Waals surface area contributed by atoms with E-state index >= 15 is 0 Å². The standard InChI is InChI=1S/C24H15F3N5O2/c1-2-10-32-11-9-15-5-8-18(12-20(15)32)33-21-14-28-19(13-29-21)23-30-22(31-34-23)16-3-6-17(7-4-16)24(25,26)27/h2-9,12-14H,1,10H2. The molecule has 0 bridgehead atoms. The van der Waals surface area contributed by atoms with Crippen LogP contribution in [0.2, 0.25) is 0 Å². The van der Waals surface area contributed by atoms with Gasteiger partial charge in [0, 0.05) is 23.6 Å². The molecule has 5 rings (SSSR count). The lowest BCUT2D eigenvalue weighted by atomic mass is 10.1. The third-order valence-corrected chi connectivity index (χ3v) is 4.95. The van der Waals surface area contributed by atoms with E-state index in [1.54, 1.807) is 6.08 Å². The van der Waals surface area contributed by atoms with E-state index in [1.807, 2.05) is 28.8 Å². The summed E-state index contributed by atoms with van der Waals surface area (Å²) >= 11 is 0. The summed E-state index contributed by atoms with van der Waals surface area (Å²) in [6.07, 6.45) is 3.33. The molecule has 0 saturated heterocycles. The first-order chi connectivity index (χ1) is 16.4. The Morgan fingerprint density at radius 2 is 1.91 bits per heavy atom. The average molecular weight is 462 g/mol. The Labute approximate surface area is 191 Å². The largest absolute Gasteiger partial charge is 0.437 e. The number of hydrogen-bond donors (Lipinski definition) is 0. The summed E-state index contributed by atoms with van der Waals surface area (Å²) in [7, 11) is 0. The van der Waals surface area contributed by atoms with Crippen molar-refractivity contribution in [3.05, 3.63) is 85.3 Å². The summed E-state index contributed by atoms with van der Waals surface area (Å²) in [6.45, 7) is 4.37. The maximum Gasteiger partial charge on any atom is 0.416 e. The fourth-order valence-corrected chi connectivity index (χ4v) is 3.29. The van der Waals surface area contributed by atoms with Crippen molar-refractivity contribution in [3.63, 3.8) is 0 Å². The van der Waals surface area contributed by atoms with Crippen LogP contribution in [0.1, 0.15) is 5.56 Å². The van der Waals surface area contributed by atoms with Crippen molar-refractivity contribution in [2.45, 2.75) is 12.7 Å². The second kappa shape index (κ2) is 8.47. The molecule has 0 amide bonds. The predicted molar refractivity (Wildman–Crippen MR) is 117 cm³/mol. The number of allylic oxidation sites excluding steroid dienone is 1. The third kappa shape index (κ3) is 4.25. The Morgan fingerprint density at radius 1 is 1.09 bits per heavy atom. The highest BCUT2D eigenvalue weighted by Gasteiger charge is 2.30. The topological polar surface area (TPSA) is 78.9 Å². The normalized spacial score (nSPS) is 11.6. The van der Waals surface area contributed by atoms with Crippen LogP contribution in [-0.4, -0.2) is 24.7 Å². The van der Waals surface area contributed by atoms with E-state index in [1.165, 1.54) is 24.5 Å². The van der Waals surface area contributed by atoms with Gasteiger partial charge in [-0.15, -0.1) is 6.58 Å². The number of benzene rings is 2. The Kier molecular flexibility index (Phi) is 5.33. The summed E-state index contributed by atoms with van der Waals surface area (Å²) in [5.74, 6) is 1.05. The molecule has 169 valence electrons. The first-order valence-electron chi connectivity index (χ1n) is 10.0. The minimum atomic E-state index is -4.42. The highest BCUT2D eigenvalue weighted by Crippen LogP contribution is 2.31. The zero-order valence-corrected chi connectivity index (χ0v) is 17.5. The van der Waals surface area contributed by atoms with Gasteiger partial charge in [0.15, 0.2) is 0 Å². The summed E-state index contributed by atoms with van der Waals surface area (Å²) in [5.41, 5.74) is 0.865. The fraction of sp³-hybridized carbons (Fsp3) is 0.0833. The molecule has 7 nitrogen and oxygen atoms in total. The maximum absolute atomic E-state index is 12.7. The number of nitrogens with zero attached hydrogens (tertiary/aromatic N) is 5. The van der Waals surface area contributed by atoms with Gasteiger partial charge >= 0.3 is 6.18 Å². The highest BCUT2D eigenvalue weighted by molar-refractivity contribution is 5.81. The summed E-state index contributed by atoms with van der Waals surface area (Å²) in [4.78, 5) is 12.7. The maximum atomic E-state index is 12.7. The second-order valence-electron chi connectivity index (χ2n) is 7.23. The van der Waals surface area contributed by atoms with Crippen LogP contribution in [0.4, 0.5) is 13.2 Å². The molecule has 0 aliphatic carbocycles. The van der Waals surface area contributed by atoms with Gasteiger partial charge in [0.1, 0.15) is 11.4 Å². The van der Waals surface area contributed by atoms with E-state index in [2.05, 4.69) is 32.9 Å². The smallest absolute Gasteiger partial charge is 0.416 e. The molecule has 34 heavy (non-hydrogen) atoms. The highest BCUT2D eigenvalue weighted by atomic mass is 19.4. The van der Waals surface area contributed by atoms with E-state index in [0.717, 1.165) is 23.0 Å². The number of alkyl halides is 3. The summed E-state index contributed by atoms with van der Waals surface area (Å²) in [5, 5.41) is 4.84. The number of rotatable bonds is 6. The first kappa shape index (κ1) is 21.4. The number of fused-ring (bicyclic) bond motifs is 1. The Hall–Kier alpha value is -4.47. The van der Waals surface area contributed by atoms with Crippen LogP contribution in [0.25, 0.3) is 33.9 Å². The van der Waals surface area contributed by atoms with Crippen LogP contribution in [0.3, 0.4) is 0 Å². The van der Waals surface area contributed by atoms with Gasteiger partial charge in [-0.2, -0.15) is 18.2 Å². The average Bonchev–Trinajstić information content (AvgIpc) is 3.47. The molecular weight excluding hydrogens is 447 g/mol. The van der Waals surface area contributed by atoms with Gasteiger partial charge in [-0.25, -0.2) is 9.97 Å². The van der Waals surface area contributed by atoms with Gasteiger partial charge < -0.3 is 13.8 Å². The van der Waals surface area contributed by atoms with Crippen LogP contribution < -0.4 is 4.74 Å². The Bertz CT molecular complexity index is 1460. The molecule has 0 aliphatic rings. The van der Waals surface area contributed by atoms with E-state index in [-0.39, 0.29) is 17.6 Å². The molecule has 1 radical (unpaired) electrons. The van der Waals surface area contributed by atoms with Gasteiger partial charge in [-0.1, -0.05) is 23.4 Å². The Morgan fingerprint density at radius 3 is 2.62 bits per heavy atom. The molecule has 0 unspecified atom stereocenters. The number of hydrogen-bond acceptors (Lipinski definition) is 6. The van der Waals surface area contributed by atoms with Crippen LogP contribution in [-0.2, 0) is 12.7 Å². The minimum Gasteiger partial charge on any atom is -0.437 e. The molecule has 0 aliphatic heterocycles. The number of aromatic nitrogens is 5. The van der Waals surface area contributed by atoms with Crippen molar-refractivity contribution >= 4 is 10.9 Å². The zero-order valence-electron chi connectivity index (χ0n) is 17.5. The molecular formula is C24H15F3N5O2. The molecule has 3 aromatic heterocycles. The molecule has 10 heteroatoms. The number of halogens is 3. The monoisotopic (exact) mass is 462 g/mol. The van der Waals surface area contributed by atoms with E-state index in [9.17, 15) is 13.2 Å². The van der Waals surface area contributed by atoms with E-state index in [0.29, 0.717) is 23.6 Å². The lowest BCUT2D eigenvalue weighted by molar-refractivity contribution is -0.137. The molecule has 2 aromatic carbocycles. The second-order valence-corrected chi connectivity index (χ2v) is 7.23. The molecule has 0 N–H and O–H groups in total. The lowest BCUT2D eigenvalue weighted by Gasteiger charge is -2.06. The van der Waals surface area contributed by atoms with Crippen molar-refractivity contribution in [3.8, 4) is 34.6 Å². The molecule has 3 heterocycles. The van der Waals surface area contributed by atoms with E-state index < -0.39 is 11.7 Å². The van der Waals surface area contributed by atoms with Crippen LogP contribution in [0, 0.1) is 6.20 Å². The molecule has 0 saturated carbocycles. The van der Waals surface area contributed by atoms with Crippen LogP contribution >= 0.6 is 0 Å². The van der Waals surface area contributed by atoms with Gasteiger partial charge in [0.2, 0.25) is 11.7 Å². The van der Waals surface area contributed by atoms with Crippen LogP contribution in [0.15, 0.2) is 78.1 Å². The first-order valence-corrected chi connectivity index (χ1v) is 10.0. The Balaban J connectivity index is 1.32. The third-order valence-electron chi connectivity index (χ3n) is 4.95. The van der Waals surface area contributed by atoms with Crippen molar-refractivity contribution in [2.24, 2.45) is 0 Å². The minimum absolute atomic E-state index is 0.0770. The van der Waals surface area contributed by atoms with Crippen molar-refractivity contribution in [2.75, 3.05) is 0 Å². The van der Waals surface area contributed by atoms with E-state index in [4.69, 9.17) is 9.26 Å². The molecule has 5 aromatic rings. The zero-order chi connectivity index (χ0) is 23.7. The van der Waals surface area contributed by atoms with Gasteiger partial charge in [0.25, 0.3) is 5.89 Å². The van der Waals surface area contributed by atoms with Crippen molar-refractivity contribution in [1.29, 1.82) is 0 Å². The van der Waals surface area contributed by atoms with Gasteiger partial charge in [-0.05, 0) is 30.3 Å². The quantitative estimate of drug-likeness (QED) is 0.290. The number of ether oxygens (including phenoxy) is 1. The summed E-state index contributed by atoms with van der Waals surface area (Å²) < 4.78 is 51.1. The van der Waals surface area contributed by atoms with Gasteiger partial charge in [-0.3, -0.25) is 0 Å². The predicted octanol–water partition coefficient (Wildman–Crippen LogP) is 5.95. The SMILES string of the molecule is C=CCn1[c]cc2ccc(Oc3cnc(-c4nc(-c5ccc(C(F)(F)F)cc5)no4)cn3)cc21. The lowest BCUT2D eigenvalue weighted by Crippen LogP contribution is -2.04. The van der Waals surface area contributed by atoms with Crippen molar-refractivity contribution < 1.29 is 22.4 Å². The fourth-order valence-electron chi connectivity index (χ4n) is 3.29. The van der Waals surface area contributed by atoms with Gasteiger partial charge in [0.05, 0.1) is 29.7 Å². The molecule has 0 fully saturated rings. The van der Waals surface area contributed by atoms with Crippen LogP contribution in [0.5, 0.6) is 11.6 Å². The molecule has 0 atom stereocenters. The summed E-state index contributed by atoms with van der Waals surface area (Å²) in [6, 6.07) is 12.0. The molecule has 0 spiro atoms. The van der Waals surface area contributed by atoms with Crippen molar-refractivity contribution in [1.82, 2.24) is 24.7 Å².